The normalized spacial score (nSPS) is 22.4. The molecule has 1 unspecified atom stereocenters. The van der Waals surface area contributed by atoms with Crippen molar-refractivity contribution in [3.8, 4) is 11.3 Å². The molecule has 2 aliphatic heterocycles. The van der Waals surface area contributed by atoms with Crippen molar-refractivity contribution in [2.75, 3.05) is 12.0 Å². The van der Waals surface area contributed by atoms with Crippen molar-refractivity contribution >= 4 is 61.8 Å². The topological polar surface area (TPSA) is 94.8 Å². The lowest BCUT2D eigenvalue weighted by Crippen LogP contribution is -2.46. The van der Waals surface area contributed by atoms with Crippen LogP contribution in [0.2, 0.25) is 10.0 Å². The SMILES string of the molecule is COC(=O)c1cc(F)c2nc(N3[C@@H]4CC[C@H]3CC(OC(=O)c3c(-c5c(Cl)cccc5Cl)noc3C3(F)CC3)C4)sc2c1. The number of aromatic nitrogens is 2. The van der Waals surface area contributed by atoms with Crippen LogP contribution in [-0.4, -0.2) is 47.4 Å². The van der Waals surface area contributed by atoms with Gasteiger partial charge in [0.2, 0.25) is 0 Å². The van der Waals surface area contributed by atoms with Gasteiger partial charge in [-0.05, 0) is 49.9 Å². The van der Waals surface area contributed by atoms with Gasteiger partial charge in [-0.25, -0.2) is 23.4 Å². The number of esters is 2. The predicted octanol–water partition coefficient (Wildman–Crippen LogP) is 7.50. The second kappa shape index (κ2) is 10.2. The molecule has 0 spiro atoms. The number of carbonyl (C=O) groups excluding carboxylic acids is 2. The standard InChI is InChI=1S/C29H23Cl2F2N3O5S/c1-39-26(37)13-9-19(32)23-20(10-13)42-28(34-23)36-14-5-6-15(36)12-16(11-14)40-27(38)22-24(21-17(30)3-2-4-18(21)31)35-41-25(22)29(33)7-8-29/h2-4,9-10,14-16H,5-8,11-12H2,1H3/t14-,15+,16?. The second-order valence-corrected chi connectivity index (χ2v) is 12.7. The lowest BCUT2D eigenvalue weighted by atomic mass is 9.99. The third kappa shape index (κ3) is 4.53. The first kappa shape index (κ1) is 27.5. The summed E-state index contributed by atoms with van der Waals surface area (Å²) in [6.45, 7) is 0. The van der Waals surface area contributed by atoms with E-state index in [1.54, 1.807) is 24.3 Å². The van der Waals surface area contributed by atoms with Gasteiger partial charge in [-0.2, -0.15) is 0 Å². The second-order valence-electron chi connectivity index (χ2n) is 10.9. The highest BCUT2D eigenvalue weighted by Crippen LogP contribution is 2.53. The van der Waals surface area contributed by atoms with E-state index in [0.717, 1.165) is 18.9 Å². The zero-order valence-electron chi connectivity index (χ0n) is 22.2. The summed E-state index contributed by atoms with van der Waals surface area (Å²) >= 11 is 14.1. The number of alkyl halides is 1. The molecule has 2 aromatic carbocycles. The highest BCUT2D eigenvalue weighted by molar-refractivity contribution is 7.22. The summed E-state index contributed by atoms with van der Waals surface area (Å²) < 4.78 is 46.7. The smallest absolute Gasteiger partial charge is 0.344 e. The number of halogens is 4. The number of ether oxygens (including phenoxy) is 2. The van der Waals surface area contributed by atoms with Crippen molar-refractivity contribution in [1.29, 1.82) is 0 Å². The van der Waals surface area contributed by atoms with Crippen molar-refractivity contribution in [3.63, 3.8) is 0 Å². The number of benzene rings is 2. The Morgan fingerprint density at radius 1 is 1.12 bits per heavy atom. The lowest BCUT2D eigenvalue weighted by molar-refractivity contribution is 0.0198. The van der Waals surface area contributed by atoms with Gasteiger partial charge in [0.15, 0.2) is 22.4 Å². The van der Waals surface area contributed by atoms with E-state index in [-0.39, 0.29) is 68.6 Å². The first-order chi connectivity index (χ1) is 20.2. The molecular formula is C29H23Cl2F2N3O5S. The molecule has 0 N–H and O–H groups in total. The maximum Gasteiger partial charge on any atom is 0.344 e. The molecule has 42 heavy (non-hydrogen) atoms. The molecule has 3 aliphatic rings. The van der Waals surface area contributed by atoms with E-state index in [9.17, 15) is 14.0 Å². The fourth-order valence-corrected chi connectivity index (χ4v) is 7.83. The molecule has 4 heterocycles. The molecule has 8 nitrogen and oxygen atoms in total. The summed E-state index contributed by atoms with van der Waals surface area (Å²) in [6.07, 6.45) is 2.69. The minimum atomic E-state index is -1.79. The molecule has 218 valence electrons. The van der Waals surface area contributed by atoms with Crippen LogP contribution in [0.25, 0.3) is 21.5 Å². The van der Waals surface area contributed by atoms with Crippen molar-refractivity contribution < 1.29 is 32.4 Å². The van der Waals surface area contributed by atoms with Gasteiger partial charge in [-0.15, -0.1) is 0 Å². The van der Waals surface area contributed by atoms with Crippen LogP contribution in [0.3, 0.4) is 0 Å². The number of rotatable bonds is 6. The lowest BCUT2D eigenvalue weighted by Gasteiger charge is -2.38. The van der Waals surface area contributed by atoms with Gasteiger partial charge in [0.25, 0.3) is 0 Å². The summed E-state index contributed by atoms with van der Waals surface area (Å²) in [5, 5.41) is 5.16. The van der Waals surface area contributed by atoms with Crippen molar-refractivity contribution in [2.45, 2.75) is 62.4 Å². The van der Waals surface area contributed by atoms with Gasteiger partial charge in [-0.1, -0.05) is 45.8 Å². The number of anilines is 1. The van der Waals surface area contributed by atoms with Gasteiger partial charge < -0.3 is 18.9 Å². The van der Waals surface area contributed by atoms with Gasteiger partial charge in [0, 0.05) is 30.5 Å². The Bertz CT molecular complexity index is 1720. The van der Waals surface area contributed by atoms with E-state index < -0.39 is 29.5 Å². The minimum absolute atomic E-state index is 0.000582. The molecule has 2 bridgehead atoms. The van der Waals surface area contributed by atoms with E-state index in [1.807, 2.05) is 0 Å². The average molecular weight is 634 g/mol. The number of methoxy groups -OCH3 is 1. The maximum absolute atomic E-state index is 15.3. The summed E-state index contributed by atoms with van der Waals surface area (Å²) in [5.41, 5.74) is -1.23. The van der Waals surface area contributed by atoms with Crippen molar-refractivity contribution in [3.05, 3.63) is 63.1 Å². The molecule has 3 fully saturated rings. The molecule has 1 saturated carbocycles. The Kier molecular flexibility index (Phi) is 6.67. The van der Waals surface area contributed by atoms with E-state index in [0.29, 0.717) is 22.7 Å². The molecule has 3 atom stereocenters. The fourth-order valence-electron chi connectivity index (χ4n) is 6.09. The maximum atomic E-state index is 15.3. The molecule has 2 aromatic heterocycles. The Balaban J connectivity index is 1.15. The van der Waals surface area contributed by atoms with Gasteiger partial charge in [0.05, 0.1) is 27.4 Å². The summed E-state index contributed by atoms with van der Waals surface area (Å²) in [7, 11) is 1.25. The number of thiazole rings is 1. The first-order valence-corrected chi connectivity index (χ1v) is 15.0. The zero-order valence-corrected chi connectivity index (χ0v) is 24.5. The Hall–Kier alpha value is -3.28. The van der Waals surface area contributed by atoms with Crippen LogP contribution in [-0.2, 0) is 15.1 Å². The number of piperidine rings is 1. The molecule has 7 rings (SSSR count). The monoisotopic (exact) mass is 633 g/mol. The molecular weight excluding hydrogens is 611 g/mol. The Morgan fingerprint density at radius 3 is 2.45 bits per heavy atom. The molecule has 1 aliphatic carbocycles. The van der Waals surface area contributed by atoms with Crippen LogP contribution in [0.5, 0.6) is 0 Å². The van der Waals surface area contributed by atoms with Crippen molar-refractivity contribution in [2.24, 2.45) is 0 Å². The van der Waals surface area contributed by atoms with E-state index in [1.165, 1.54) is 18.4 Å². The third-order valence-electron chi connectivity index (χ3n) is 8.23. The largest absolute Gasteiger partial charge is 0.465 e. The van der Waals surface area contributed by atoms with Crippen LogP contribution in [0.4, 0.5) is 13.9 Å². The number of carbonyl (C=O) groups is 2. The average Bonchev–Trinajstić information content (AvgIpc) is 3.26. The predicted molar refractivity (Wildman–Crippen MR) is 153 cm³/mol. The molecule has 0 radical (unpaired) electrons. The Labute approximate surface area is 252 Å². The van der Waals surface area contributed by atoms with E-state index in [4.69, 9.17) is 37.2 Å². The minimum Gasteiger partial charge on any atom is -0.465 e. The molecule has 4 aromatic rings. The quantitative estimate of drug-likeness (QED) is 0.201. The number of hydrogen-bond donors (Lipinski definition) is 0. The summed E-state index contributed by atoms with van der Waals surface area (Å²) in [4.78, 5) is 32.3. The van der Waals surface area contributed by atoms with Crippen LogP contribution >= 0.6 is 34.5 Å². The number of hydrogen-bond acceptors (Lipinski definition) is 9. The van der Waals surface area contributed by atoms with E-state index in [2.05, 4.69) is 15.0 Å². The molecule has 2 saturated heterocycles. The van der Waals surface area contributed by atoms with E-state index >= 15 is 4.39 Å². The molecule has 13 heteroatoms. The fraction of sp³-hybridized carbons (Fsp3) is 0.379. The van der Waals surface area contributed by atoms with Gasteiger partial charge >= 0.3 is 11.9 Å². The highest BCUT2D eigenvalue weighted by atomic mass is 35.5. The summed E-state index contributed by atoms with van der Waals surface area (Å²) in [6, 6.07) is 7.58. The highest BCUT2D eigenvalue weighted by Gasteiger charge is 2.53. The van der Waals surface area contributed by atoms with Crippen LogP contribution in [0.15, 0.2) is 34.9 Å². The number of nitrogens with zero attached hydrogens (tertiary/aromatic N) is 3. The van der Waals surface area contributed by atoms with Crippen LogP contribution < -0.4 is 4.90 Å². The third-order valence-corrected chi connectivity index (χ3v) is 9.88. The Morgan fingerprint density at radius 2 is 1.81 bits per heavy atom. The van der Waals surface area contributed by atoms with Crippen LogP contribution in [0, 0.1) is 5.82 Å². The van der Waals surface area contributed by atoms with Gasteiger partial charge in [0.1, 0.15) is 22.9 Å². The number of fused-ring (bicyclic) bond motifs is 3. The summed E-state index contributed by atoms with van der Waals surface area (Å²) in [5.74, 6) is -2.12. The van der Waals surface area contributed by atoms with Gasteiger partial charge in [-0.3, -0.25) is 0 Å². The van der Waals surface area contributed by atoms with Crippen molar-refractivity contribution in [1.82, 2.24) is 10.1 Å². The van der Waals surface area contributed by atoms with Crippen LogP contribution in [0.1, 0.15) is 65.0 Å². The molecule has 0 amide bonds. The zero-order chi connectivity index (χ0) is 29.3. The first-order valence-electron chi connectivity index (χ1n) is 13.5.